The highest BCUT2D eigenvalue weighted by atomic mass is 32.2. The number of nitrogens with two attached hydrogens (primary N) is 1. The molecular formula is C18H26N2O3S. The summed E-state index contributed by atoms with van der Waals surface area (Å²) in [6.07, 6.45) is 6.37. The fourth-order valence-corrected chi connectivity index (χ4v) is 5.70. The van der Waals surface area contributed by atoms with Gasteiger partial charge in [-0.3, -0.25) is 4.79 Å². The second kappa shape index (κ2) is 6.84. The van der Waals surface area contributed by atoms with E-state index < -0.39 is 9.84 Å². The molecule has 1 unspecified atom stereocenters. The lowest BCUT2D eigenvalue weighted by Gasteiger charge is -2.36. The SMILES string of the molecule is NCC1(CC(=O)NC2CCS(=O)(=O)c3ccccc32)CCCCC1. The van der Waals surface area contributed by atoms with Crippen molar-refractivity contribution in [3.05, 3.63) is 29.8 Å². The summed E-state index contributed by atoms with van der Waals surface area (Å²) in [5.41, 5.74) is 6.60. The van der Waals surface area contributed by atoms with Gasteiger partial charge in [0.15, 0.2) is 9.84 Å². The van der Waals surface area contributed by atoms with Gasteiger partial charge in [-0.15, -0.1) is 0 Å². The number of amides is 1. The van der Waals surface area contributed by atoms with Crippen LogP contribution < -0.4 is 11.1 Å². The van der Waals surface area contributed by atoms with Crippen molar-refractivity contribution in [2.45, 2.75) is 55.9 Å². The number of hydrogen-bond acceptors (Lipinski definition) is 4. The third-order valence-electron chi connectivity index (χ3n) is 5.52. The third kappa shape index (κ3) is 3.49. The van der Waals surface area contributed by atoms with Gasteiger partial charge in [0.05, 0.1) is 16.7 Å². The molecule has 1 heterocycles. The molecule has 1 atom stereocenters. The summed E-state index contributed by atoms with van der Waals surface area (Å²) in [5, 5.41) is 3.06. The van der Waals surface area contributed by atoms with E-state index in [1.807, 2.05) is 6.07 Å². The van der Waals surface area contributed by atoms with Crippen molar-refractivity contribution in [1.29, 1.82) is 0 Å². The molecule has 3 N–H and O–H groups in total. The van der Waals surface area contributed by atoms with Crippen LogP contribution in [0.2, 0.25) is 0 Å². The van der Waals surface area contributed by atoms with Gasteiger partial charge >= 0.3 is 0 Å². The Balaban J connectivity index is 1.73. The highest BCUT2D eigenvalue weighted by Gasteiger charge is 2.35. The lowest BCUT2D eigenvalue weighted by atomic mass is 9.71. The van der Waals surface area contributed by atoms with Crippen molar-refractivity contribution in [2.24, 2.45) is 11.1 Å². The predicted molar refractivity (Wildman–Crippen MR) is 93.2 cm³/mol. The van der Waals surface area contributed by atoms with Gasteiger partial charge in [-0.2, -0.15) is 0 Å². The van der Waals surface area contributed by atoms with Crippen molar-refractivity contribution in [2.75, 3.05) is 12.3 Å². The van der Waals surface area contributed by atoms with E-state index in [-0.39, 0.29) is 23.1 Å². The Kier molecular flexibility index (Phi) is 4.97. The minimum atomic E-state index is -3.23. The molecule has 1 aliphatic heterocycles. The molecule has 0 bridgehead atoms. The Hall–Kier alpha value is -1.40. The lowest BCUT2D eigenvalue weighted by molar-refractivity contribution is -0.124. The number of benzene rings is 1. The third-order valence-corrected chi connectivity index (χ3v) is 7.34. The van der Waals surface area contributed by atoms with Crippen LogP contribution in [0.5, 0.6) is 0 Å². The molecule has 6 heteroatoms. The molecule has 0 aromatic heterocycles. The maximum atomic E-state index is 12.6. The van der Waals surface area contributed by atoms with Crippen LogP contribution >= 0.6 is 0 Å². The van der Waals surface area contributed by atoms with Crippen molar-refractivity contribution in [1.82, 2.24) is 5.32 Å². The smallest absolute Gasteiger partial charge is 0.221 e. The minimum Gasteiger partial charge on any atom is -0.349 e. The number of carbonyl (C=O) groups is 1. The Bertz CT molecular complexity index is 709. The normalized spacial score (nSPS) is 24.8. The summed E-state index contributed by atoms with van der Waals surface area (Å²) in [6, 6.07) is 6.76. The molecule has 0 spiro atoms. The number of hydrogen-bond donors (Lipinski definition) is 2. The quantitative estimate of drug-likeness (QED) is 0.872. The first-order valence-corrected chi connectivity index (χ1v) is 10.4. The summed E-state index contributed by atoms with van der Waals surface area (Å²) in [6.45, 7) is 0.538. The van der Waals surface area contributed by atoms with Gasteiger partial charge in [-0.05, 0) is 42.9 Å². The molecule has 0 radical (unpaired) electrons. The second-order valence-corrected chi connectivity index (χ2v) is 9.28. The molecule has 5 nitrogen and oxygen atoms in total. The number of fused-ring (bicyclic) bond motifs is 1. The maximum absolute atomic E-state index is 12.6. The van der Waals surface area contributed by atoms with E-state index >= 15 is 0 Å². The van der Waals surface area contributed by atoms with Crippen molar-refractivity contribution >= 4 is 15.7 Å². The first kappa shape index (κ1) is 17.4. The molecule has 132 valence electrons. The van der Waals surface area contributed by atoms with E-state index in [2.05, 4.69) is 5.32 Å². The molecule has 1 aromatic carbocycles. The summed E-state index contributed by atoms with van der Waals surface area (Å²) < 4.78 is 24.4. The van der Waals surface area contributed by atoms with Crippen molar-refractivity contribution in [3.8, 4) is 0 Å². The van der Waals surface area contributed by atoms with E-state index in [0.29, 0.717) is 29.8 Å². The fraction of sp³-hybridized carbons (Fsp3) is 0.611. The Morgan fingerprint density at radius 1 is 1.21 bits per heavy atom. The molecule has 1 fully saturated rings. The molecule has 1 aliphatic carbocycles. The van der Waals surface area contributed by atoms with Crippen LogP contribution in [0.25, 0.3) is 0 Å². The van der Waals surface area contributed by atoms with Crippen LogP contribution in [0.1, 0.15) is 56.6 Å². The zero-order valence-corrected chi connectivity index (χ0v) is 14.8. The van der Waals surface area contributed by atoms with Gasteiger partial charge in [-0.1, -0.05) is 37.5 Å². The minimum absolute atomic E-state index is 0.0125. The lowest BCUT2D eigenvalue weighted by Crippen LogP contribution is -2.40. The van der Waals surface area contributed by atoms with E-state index in [4.69, 9.17) is 5.73 Å². The highest BCUT2D eigenvalue weighted by Crippen LogP contribution is 2.39. The molecule has 2 aliphatic rings. The van der Waals surface area contributed by atoms with Crippen LogP contribution in [0.3, 0.4) is 0 Å². The molecule has 1 amide bonds. The maximum Gasteiger partial charge on any atom is 0.221 e. The van der Waals surface area contributed by atoms with Crippen LogP contribution in [0.4, 0.5) is 0 Å². The van der Waals surface area contributed by atoms with Gasteiger partial charge in [0.1, 0.15) is 0 Å². The highest BCUT2D eigenvalue weighted by molar-refractivity contribution is 7.91. The zero-order valence-electron chi connectivity index (χ0n) is 14.0. The van der Waals surface area contributed by atoms with Gasteiger partial charge in [0.2, 0.25) is 5.91 Å². The van der Waals surface area contributed by atoms with E-state index in [0.717, 1.165) is 25.7 Å². The first-order valence-electron chi connectivity index (χ1n) is 8.77. The van der Waals surface area contributed by atoms with E-state index in [1.165, 1.54) is 6.42 Å². The molecule has 0 saturated heterocycles. The summed E-state index contributed by atoms with van der Waals surface area (Å²) in [4.78, 5) is 13.0. The van der Waals surface area contributed by atoms with Gasteiger partial charge in [0, 0.05) is 6.42 Å². The van der Waals surface area contributed by atoms with Crippen molar-refractivity contribution < 1.29 is 13.2 Å². The topological polar surface area (TPSA) is 89.3 Å². The first-order chi connectivity index (χ1) is 11.5. The monoisotopic (exact) mass is 350 g/mol. The van der Waals surface area contributed by atoms with E-state index in [1.54, 1.807) is 18.2 Å². The Labute approximate surface area is 143 Å². The Morgan fingerprint density at radius 3 is 2.62 bits per heavy atom. The van der Waals surface area contributed by atoms with Gasteiger partial charge in [0.25, 0.3) is 0 Å². The number of nitrogens with one attached hydrogen (secondary N) is 1. The molecular weight excluding hydrogens is 324 g/mol. The molecule has 3 rings (SSSR count). The van der Waals surface area contributed by atoms with Crippen LogP contribution in [0.15, 0.2) is 29.2 Å². The largest absolute Gasteiger partial charge is 0.349 e. The van der Waals surface area contributed by atoms with Crippen LogP contribution in [-0.4, -0.2) is 26.6 Å². The number of rotatable bonds is 4. The van der Waals surface area contributed by atoms with Crippen LogP contribution in [0, 0.1) is 5.41 Å². The average Bonchev–Trinajstić information content (AvgIpc) is 2.58. The molecule has 24 heavy (non-hydrogen) atoms. The number of sulfone groups is 1. The standard InChI is InChI=1S/C18H26N2O3S/c19-13-18(9-4-1-5-10-18)12-17(21)20-15-8-11-24(22,23)16-7-3-2-6-14(15)16/h2-3,6-7,15H,1,4-5,8-13,19H2,(H,20,21). The second-order valence-electron chi connectivity index (χ2n) is 7.21. The Morgan fingerprint density at radius 2 is 1.92 bits per heavy atom. The van der Waals surface area contributed by atoms with Gasteiger partial charge < -0.3 is 11.1 Å². The number of carbonyl (C=O) groups excluding carboxylic acids is 1. The predicted octanol–water partition coefficient (Wildman–Crippen LogP) is 2.32. The molecule has 1 saturated carbocycles. The summed E-state index contributed by atoms with van der Waals surface area (Å²) in [7, 11) is -3.23. The van der Waals surface area contributed by atoms with Crippen LogP contribution in [-0.2, 0) is 14.6 Å². The average molecular weight is 350 g/mol. The zero-order chi connectivity index (χ0) is 17.2. The molecule has 1 aromatic rings. The summed E-state index contributed by atoms with van der Waals surface area (Å²) in [5.74, 6) is 0.0678. The summed E-state index contributed by atoms with van der Waals surface area (Å²) >= 11 is 0. The van der Waals surface area contributed by atoms with Gasteiger partial charge in [-0.25, -0.2) is 8.42 Å². The van der Waals surface area contributed by atoms with Crippen molar-refractivity contribution in [3.63, 3.8) is 0 Å². The fourth-order valence-electron chi connectivity index (χ4n) is 4.08. The van der Waals surface area contributed by atoms with E-state index in [9.17, 15) is 13.2 Å².